The Balaban J connectivity index is 1.80. The summed E-state index contributed by atoms with van der Waals surface area (Å²) in [4.78, 5) is 43.9. The first-order chi connectivity index (χ1) is 16.6. The van der Waals surface area contributed by atoms with Gasteiger partial charge in [-0.1, -0.05) is 0 Å². The number of fused-ring (bicyclic) bond motifs is 1. The van der Waals surface area contributed by atoms with Crippen LogP contribution in [0, 0.1) is 0 Å². The molecule has 0 radical (unpaired) electrons. The highest BCUT2D eigenvalue weighted by atomic mass is 16.6. The molecule has 11 nitrogen and oxygen atoms in total. The van der Waals surface area contributed by atoms with Crippen molar-refractivity contribution in [2.45, 2.75) is 58.6 Å². The minimum atomic E-state index is -0.720. The number of urea groups is 1. The van der Waals surface area contributed by atoms with E-state index >= 15 is 0 Å². The Morgan fingerprint density at radius 1 is 1.23 bits per heavy atom. The topological polar surface area (TPSA) is 129 Å². The van der Waals surface area contributed by atoms with E-state index in [0.29, 0.717) is 30.2 Å². The summed E-state index contributed by atoms with van der Waals surface area (Å²) in [5.41, 5.74) is 6.16. The summed E-state index contributed by atoms with van der Waals surface area (Å²) in [7, 11) is 1.51. The lowest BCUT2D eigenvalue weighted by atomic mass is 10.1. The van der Waals surface area contributed by atoms with Gasteiger partial charge in [-0.05, 0) is 46.6 Å². The van der Waals surface area contributed by atoms with Gasteiger partial charge < -0.3 is 29.4 Å². The lowest BCUT2D eigenvalue weighted by Crippen LogP contribution is -2.42. The summed E-state index contributed by atoms with van der Waals surface area (Å²) in [6.07, 6.45) is 4.67. The molecular weight excluding hydrogens is 454 g/mol. The fourth-order valence-corrected chi connectivity index (χ4v) is 4.21. The number of rotatable bonds is 7. The Morgan fingerprint density at radius 2 is 1.91 bits per heavy atom. The molecule has 2 aromatic heterocycles. The molecule has 0 spiro atoms. The van der Waals surface area contributed by atoms with Crippen molar-refractivity contribution in [2.75, 3.05) is 38.3 Å². The quantitative estimate of drug-likeness (QED) is 0.590. The first-order valence-corrected chi connectivity index (χ1v) is 11.8. The number of esters is 1. The summed E-state index contributed by atoms with van der Waals surface area (Å²) >= 11 is 0. The van der Waals surface area contributed by atoms with Crippen LogP contribution in [-0.2, 0) is 14.3 Å². The van der Waals surface area contributed by atoms with Crippen LogP contribution in [0.3, 0.4) is 0 Å². The standard InChI is InChI=1S/C24H35N5O6/c1-6-34-19(30)10-14-29(22(25)31)18-15-26-21-17(20(18)33-5)9-13-28(21)16-7-11-27(12-8-16)23(32)35-24(2,3)4/h9,13,15-16H,6-8,10-12,14H2,1-5H3,(H2,25,31). The van der Waals surface area contributed by atoms with Crippen LogP contribution < -0.4 is 15.4 Å². The number of nitrogens with two attached hydrogens (primary N) is 1. The van der Waals surface area contributed by atoms with Crippen LogP contribution in [0.2, 0.25) is 0 Å². The van der Waals surface area contributed by atoms with E-state index in [1.807, 2.05) is 33.0 Å². The van der Waals surface area contributed by atoms with Gasteiger partial charge in [-0.15, -0.1) is 0 Å². The zero-order valence-corrected chi connectivity index (χ0v) is 21.1. The SMILES string of the molecule is CCOC(=O)CCN(C(N)=O)c1cnc2c(ccn2C2CCN(C(=O)OC(C)(C)C)CC2)c1OC. The van der Waals surface area contributed by atoms with Crippen LogP contribution in [0.1, 0.15) is 53.0 Å². The number of anilines is 1. The number of nitrogens with zero attached hydrogens (tertiary/aromatic N) is 4. The monoisotopic (exact) mass is 489 g/mol. The Labute approximate surface area is 205 Å². The van der Waals surface area contributed by atoms with Gasteiger partial charge in [0, 0.05) is 31.9 Å². The molecule has 0 bridgehead atoms. The number of aromatic nitrogens is 2. The van der Waals surface area contributed by atoms with Crippen molar-refractivity contribution in [2.24, 2.45) is 5.73 Å². The number of methoxy groups -OCH3 is 1. The summed E-state index contributed by atoms with van der Waals surface area (Å²) < 4.78 is 18.2. The molecule has 2 aromatic rings. The van der Waals surface area contributed by atoms with Crippen LogP contribution in [-0.4, -0.2) is 71.5 Å². The predicted octanol–water partition coefficient (Wildman–Crippen LogP) is 3.46. The van der Waals surface area contributed by atoms with Crippen LogP contribution in [0.15, 0.2) is 18.5 Å². The molecule has 0 atom stereocenters. The van der Waals surface area contributed by atoms with Crippen LogP contribution in [0.25, 0.3) is 11.0 Å². The molecular formula is C24H35N5O6. The van der Waals surface area contributed by atoms with Crippen molar-refractivity contribution in [1.29, 1.82) is 0 Å². The number of ether oxygens (including phenoxy) is 3. The van der Waals surface area contributed by atoms with E-state index < -0.39 is 17.6 Å². The number of carbonyl (C=O) groups excluding carboxylic acids is 3. The van der Waals surface area contributed by atoms with Crippen molar-refractivity contribution in [3.63, 3.8) is 0 Å². The number of primary amides is 1. The van der Waals surface area contributed by atoms with E-state index in [2.05, 4.69) is 9.55 Å². The summed E-state index contributed by atoms with van der Waals surface area (Å²) in [5.74, 6) is 0.0261. The van der Waals surface area contributed by atoms with Gasteiger partial charge in [-0.2, -0.15) is 0 Å². The first kappa shape index (κ1) is 26.1. The third kappa shape index (κ3) is 6.14. The molecule has 3 heterocycles. The summed E-state index contributed by atoms with van der Waals surface area (Å²) in [6, 6.07) is 1.31. The van der Waals surface area contributed by atoms with Crippen LogP contribution >= 0.6 is 0 Å². The third-order valence-corrected chi connectivity index (χ3v) is 5.79. The van der Waals surface area contributed by atoms with Crippen molar-refractivity contribution in [1.82, 2.24) is 14.5 Å². The van der Waals surface area contributed by atoms with Crippen molar-refractivity contribution < 1.29 is 28.6 Å². The molecule has 1 aliphatic heterocycles. The number of amides is 3. The molecule has 3 amide bonds. The smallest absolute Gasteiger partial charge is 0.410 e. The Hall–Kier alpha value is -3.50. The molecule has 11 heteroatoms. The van der Waals surface area contributed by atoms with E-state index in [4.69, 9.17) is 19.9 Å². The van der Waals surface area contributed by atoms with E-state index in [1.54, 1.807) is 11.8 Å². The zero-order valence-electron chi connectivity index (χ0n) is 21.1. The van der Waals surface area contributed by atoms with Gasteiger partial charge in [0.05, 0.1) is 31.7 Å². The molecule has 1 saturated heterocycles. The maximum Gasteiger partial charge on any atom is 0.410 e. The van der Waals surface area contributed by atoms with Gasteiger partial charge in [0.1, 0.15) is 16.9 Å². The fourth-order valence-electron chi connectivity index (χ4n) is 4.21. The molecule has 0 unspecified atom stereocenters. The van der Waals surface area contributed by atoms with Gasteiger partial charge in [-0.3, -0.25) is 9.69 Å². The van der Waals surface area contributed by atoms with Crippen molar-refractivity contribution >= 4 is 34.8 Å². The highest BCUT2D eigenvalue weighted by molar-refractivity contribution is 5.98. The van der Waals surface area contributed by atoms with Gasteiger partial charge in [0.25, 0.3) is 0 Å². The number of hydrogen-bond donors (Lipinski definition) is 1. The number of likely N-dealkylation sites (tertiary alicyclic amines) is 1. The first-order valence-electron chi connectivity index (χ1n) is 11.8. The third-order valence-electron chi connectivity index (χ3n) is 5.79. The molecule has 192 valence electrons. The highest BCUT2D eigenvalue weighted by Gasteiger charge is 2.29. The van der Waals surface area contributed by atoms with Crippen molar-refractivity contribution in [3.05, 3.63) is 18.5 Å². The molecule has 1 fully saturated rings. The average molecular weight is 490 g/mol. The van der Waals surface area contributed by atoms with E-state index in [9.17, 15) is 14.4 Å². The molecule has 0 aliphatic carbocycles. The van der Waals surface area contributed by atoms with E-state index in [0.717, 1.165) is 18.2 Å². The second-order valence-electron chi connectivity index (χ2n) is 9.38. The van der Waals surface area contributed by atoms with Crippen LogP contribution in [0.5, 0.6) is 5.75 Å². The number of pyridine rings is 1. The Kier molecular flexibility index (Phi) is 8.08. The second-order valence-corrected chi connectivity index (χ2v) is 9.38. The minimum absolute atomic E-state index is 0.00476. The molecule has 35 heavy (non-hydrogen) atoms. The highest BCUT2D eigenvalue weighted by Crippen LogP contribution is 2.37. The lowest BCUT2D eigenvalue weighted by Gasteiger charge is -2.34. The zero-order chi connectivity index (χ0) is 25.8. The molecule has 3 rings (SSSR count). The lowest BCUT2D eigenvalue weighted by molar-refractivity contribution is -0.142. The minimum Gasteiger partial charge on any atom is -0.494 e. The summed E-state index contributed by atoms with van der Waals surface area (Å²) in [6.45, 7) is 8.75. The molecule has 0 aromatic carbocycles. The Bertz CT molecular complexity index is 1070. The van der Waals surface area contributed by atoms with Crippen molar-refractivity contribution in [3.8, 4) is 5.75 Å². The maximum atomic E-state index is 12.4. The molecule has 2 N–H and O–H groups in total. The Morgan fingerprint density at radius 3 is 2.49 bits per heavy atom. The summed E-state index contributed by atoms with van der Waals surface area (Å²) in [5, 5.41) is 0.724. The van der Waals surface area contributed by atoms with E-state index in [1.165, 1.54) is 18.2 Å². The van der Waals surface area contributed by atoms with Gasteiger partial charge >= 0.3 is 18.1 Å². The maximum absolute atomic E-state index is 12.4. The van der Waals surface area contributed by atoms with Gasteiger partial charge in [0.2, 0.25) is 0 Å². The van der Waals surface area contributed by atoms with Gasteiger partial charge in [0.15, 0.2) is 5.75 Å². The predicted molar refractivity (Wildman–Crippen MR) is 131 cm³/mol. The van der Waals surface area contributed by atoms with Crippen LogP contribution in [0.4, 0.5) is 15.3 Å². The second kappa shape index (κ2) is 10.8. The average Bonchev–Trinajstić information content (AvgIpc) is 3.22. The largest absolute Gasteiger partial charge is 0.494 e. The number of hydrogen-bond acceptors (Lipinski definition) is 7. The number of piperidine rings is 1. The molecule has 1 aliphatic rings. The fraction of sp³-hybridized carbons (Fsp3) is 0.583. The van der Waals surface area contributed by atoms with Gasteiger partial charge in [-0.25, -0.2) is 14.6 Å². The number of carbonyl (C=O) groups is 3. The molecule has 0 saturated carbocycles. The normalized spacial score (nSPS) is 14.6. The van der Waals surface area contributed by atoms with E-state index in [-0.39, 0.29) is 31.7 Å².